The summed E-state index contributed by atoms with van der Waals surface area (Å²) in [7, 11) is 4.40. The lowest BCUT2D eigenvalue weighted by Gasteiger charge is -2.39. The van der Waals surface area contributed by atoms with Crippen molar-refractivity contribution < 1.29 is 28.5 Å². The topological polar surface area (TPSA) is 84.0 Å². The molecule has 10 aromatic rings. The van der Waals surface area contributed by atoms with Crippen molar-refractivity contribution in [3.8, 4) is 23.0 Å². The smallest absolute Gasteiger partial charge is 0.340 e. The van der Waals surface area contributed by atoms with Crippen molar-refractivity contribution >= 4 is 46.1 Å². The van der Waals surface area contributed by atoms with Gasteiger partial charge in [0.25, 0.3) is 0 Å². The van der Waals surface area contributed by atoms with E-state index in [2.05, 4.69) is 231 Å². The van der Waals surface area contributed by atoms with Crippen molar-refractivity contribution in [2.75, 3.05) is 33.7 Å². The number of hydrogen-bond donors (Lipinski definition) is 0. The molecule has 0 saturated heterocycles. The summed E-state index contributed by atoms with van der Waals surface area (Å²) in [5, 5.41) is 0. The molecule has 96 heavy (non-hydrogen) atoms. The lowest BCUT2D eigenvalue weighted by molar-refractivity contribution is 0.0214. The van der Waals surface area contributed by atoms with E-state index < -0.39 is 11.2 Å². The van der Waals surface area contributed by atoms with Gasteiger partial charge < -0.3 is 38.5 Å². The van der Waals surface area contributed by atoms with Crippen LogP contribution in [0, 0.1) is 13.8 Å². The molecule has 0 bridgehead atoms. The minimum absolute atomic E-state index is 0.346. The molecule has 0 amide bonds. The molecule has 4 aliphatic heterocycles. The molecule has 10 nitrogen and oxygen atoms in total. The van der Waals surface area contributed by atoms with E-state index in [1.54, 1.807) is 0 Å². The Morgan fingerprint density at radius 1 is 0.406 bits per heavy atom. The van der Waals surface area contributed by atoms with Crippen LogP contribution in [0.15, 0.2) is 218 Å². The number of carbonyl (C=O) groups excluding carboxylic acids is 2. The van der Waals surface area contributed by atoms with Crippen LogP contribution < -0.4 is 29.1 Å². The van der Waals surface area contributed by atoms with Crippen molar-refractivity contribution in [3.63, 3.8) is 0 Å². The summed E-state index contributed by atoms with van der Waals surface area (Å²) in [5.41, 5.74) is 16.1. The molecule has 2 unspecified atom stereocenters. The predicted octanol–water partition coefficient (Wildman–Crippen LogP) is 20.4. The van der Waals surface area contributed by atoms with Crippen LogP contribution in [-0.4, -0.2) is 38.1 Å². The van der Waals surface area contributed by atoms with Gasteiger partial charge in [-0.3, -0.25) is 0 Å². The fourth-order valence-corrected chi connectivity index (χ4v) is 16.7. The first kappa shape index (κ1) is 60.9. The van der Waals surface area contributed by atoms with E-state index in [0.717, 1.165) is 96.2 Å². The van der Waals surface area contributed by atoms with Crippen LogP contribution in [0.25, 0.3) is 0 Å². The summed E-state index contributed by atoms with van der Waals surface area (Å²) >= 11 is 0. The van der Waals surface area contributed by atoms with Crippen molar-refractivity contribution in [2.24, 2.45) is 0 Å². The molecule has 2 saturated carbocycles. The van der Waals surface area contributed by atoms with Gasteiger partial charge >= 0.3 is 11.9 Å². The molecule has 4 heterocycles. The number of nitrogens with zero attached hydrogens (tertiary/aromatic N) is 4. The van der Waals surface area contributed by atoms with Crippen molar-refractivity contribution in [3.05, 3.63) is 296 Å². The molecule has 16 rings (SSSR count). The van der Waals surface area contributed by atoms with Crippen LogP contribution >= 0.6 is 0 Å². The molecule has 6 aliphatic rings. The SMILES string of the molecule is CCC(C)(c1ccc(N(Cc2ccccc2)c2cc3c(cc2C)Oc2cc(N(C)C4CCCCC4)ccc2C32OC(=O)c3ccccc32)cc1)c1ccc(N(Cc2ccccc2)c2cc3c(cc2C)Oc2cc(N(C)C4CCCCC4)ccc2C32OC(=O)c3ccccc32)cc1. The number of aryl methyl sites for hydroxylation is 2. The predicted molar refractivity (Wildman–Crippen MR) is 384 cm³/mol. The minimum Gasteiger partial charge on any atom is -0.456 e. The maximum atomic E-state index is 14.2. The highest BCUT2D eigenvalue weighted by Crippen LogP contribution is 2.60. The zero-order valence-corrected chi connectivity index (χ0v) is 55.9. The van der Waals surface area contributed by atoms with Crippen LogP contribution in [-0.2, 0) is 39.2 Å². The van der Waals surface area contributed by atoms with E-state index in [-0.39, 0.29) is 17.4 Å². The summed E-state index contributed by atoms with van der Waals surface area (Å²) in [6, 6.07) is 77.7. The first-order chi connectivity index (χ1) is 46.8. The average Bonchev–Trinajstić information content (AvgIpc) is 1.44. The van der Waals surface area contributed by atoms with Gasteiger partial charge in [-0.25, -0.2) is 9.59 Å². The normalized spacial score (nSPS) is 18.9. The molecule has 0 aromatic heterocycles. The molecule has 2 spiro atoms. The fourth-order valence-electron chi connectivity index (χ4n) is 16.7. The molecular weight excluding hydrogens is 1180 g/mol. The largest absolute Gasteiger partial charge is 0.456 e. The first-order valence-corrected chi connectivity index (χ1v) is 34.7. The average molecular weight is 1270 g/mol. The monoisotopic (exact) mass is 1270 g/mol. The Labute approximate surface area is 564 Å². The quantitative estimate of drug-likeness (QED) is 0.0926. The summed E-state index contributed by atoms with van der Waals surface area (Å²) in [6.07, 6.45) is 13.1. The highest BCUT2D eigenvalue weighted by atomic mass is 16.6. The molecule has 0 N–H and O–H groups in total. The summed E-state index contributed by atoms with van der Waals surface area (Å²) in [4.78, 5) is 38.0. The third kappa shape index (κ3) is 10.1. The highest BCUT2D eigenvalue weighted by Gasteiger charge is 2.56. The second-order valence-corrected chi connectivity index (χ2v) is 27.8. The summed E-state index contributed by atoms with van der Waals surface area (Å²) in [6.45, 7) is 10.1. The Morgan fingerprint density at radius 3 is 1.17 bits per heavy atom. The maximum Gasteiger partial charge on any atom is 0.340 e. The number of anilines is 6. The van der Waals surface area contributed by atoms with Gasteiger partial charge in [0.1, 0.15) is 23.0 Å². The number of esters is 2. The third-order valence-corrected chi connectivity index (χ3v) is 22.4. The Hall–Kier alpha value is -10.1. The highest BCUT2D eigenvalue weighted by molar-refractivity contribution is 5.98. The number of rotatable bonds is 15. The number of ether oxygens (including phenoxy) is 4. The summed E-state index contributed by atoms with van der Waals surface area (Å²) < 4.78 is 27.7. The molecule has 482 valence electrons. The first-order valence-electron chi connectivity index (χ1n) is 34.7. The lowest BCUT2D eigenvalue weighted by Crippen LogP contribution is -2.35. The van der Waals surface area contributed by atoms with Gasteiger partial charge in [-0.15, -0.1) is 0 Å². The number of hydrogen-bond acceptors (Lipinski definition) is 10. The van der Waals surface area contributed by atoms with Gasteiger partial charge in [-0.2, -0.15) is 0 Å². The Balaban J connectivity index is 0.746. The van der Waals surface area contributed by atoms with Gasteiger partial charge in [0.05, 0.1) is 11.1 Å². The standard InChI is InChI=1S/C86H82N4O6/c1-7-84(4,60-36-40-64(41-37-60)89(54-58-24-12-8-13-25-58)76-52-74-78(48-56(76)2)93-80-50-66(87(5)62-28-16-10-17-29-62)44-46-72(80)85(74)70-34-22-20-32-68(70)82(91)95-85)61-38-42-65(43-39-61)90(55-59-26-14-9-15-27-59)77-53-75-79(49-57(77)3)94-81-51-67(88(6)63-30-18-11-19-31-63)45-47-73(81)86(75)71-35-23-21-33-69(71)83(92)96-86/h8-9,12-15,20-27,32-53,62-63H,7,10-11,16-19,28-31,54-55H2,1-6H3. The zero-order chi connectivity index (χ0) is 65.5. The number of fused-ring (bicyclic) bond motifs is 12. The van der Waals surface area contributed by atoms with E-state index in [1.807, 2.05) is 48.5 Å². The van der Waals surface area contributed by atoms with Crippen molar-refractivity contribution in [1.82, 2.24) is 0 Å². The van der Waals surface area contributed by atoms with Crippen LogP contribution in [0.4, 0.5) is 34.1 Å². The van der Waals surface area contributed by atoms with Crippen LogP contribution in [0.1, 0.15) is 172 Å². The minimum atomic E-state index is -1.24. The lowest BCUT2D eigenvalue weighted by atomic mass is 9.74. The van der Waals surface area contributed by atoms with E-state index in [0.29, 0.717) is 59.3 Å². The fraction of sp³-hybridized carbons (Fsp3) is 0.279. The van der Waals surface area contributed by atoms with Crippen molar-refractivity contribution in [2.45, 2.75) is 140 Å². The Kier molecular flexibility index (Phi) is 15.4. The maximum absolute atomic E-state index is 14.2. The van der Waals surface area contributed by atoms with Gasteiger partial charge in [0.2, 0.25) is 0 Å². The Bertz CT molecular complexity index is 4340. The molecule has 2 atom stereocenters. The molecule has 10 aromatic carbocycles. The van der Waals surface area contributed by atoms with Crippen LogP contribution in [0.2, 0.25) is 0 Å². The second kappa shape index (κ2) is 24.3. The van der Waals surface area contributed by atoms with E-state index >= 15 is 0 Å². The van der Waals surface area contributed by atoms with Crippen LogP contribution in [0.3, 0.4) is 0 Å². The van der Waals surface area contributed by atoms with Gasteiger partial charge in [-0.1, -0.05) is 174 Å². The van der Waals surface area contributed by atoms with Crippen LogP contribution in [0.5, 0.6) is 23.0 Å². The Morgan fingerprint density at radius 2 is 0.771 bits per heavy atom. The van der Waals surface area contributed by atoms with E-state index in [1.165, 1.54) is 75.3 Å². The molecule has 2 fully saturated rings. The second-order valence-electron chi connectivity index (χ2n) is 27.8. The van der Waals surface area contributed by atoms with Gasteiger partial charge in [-0.05, 0) is 164 Å². The molecule has 10 heteroatoms. The third-order valence-electron chi connectivity index (χ3n) is 22.4. The number of benzene rings is 10. The summed E-state index contributed by atoms with van der Waals surface area (Å²) in [5.74, 6) is 2.06. The molecule has 0 radical (unpaired) electrons. The molecule has 2 aliphatic carbocycles. The number of carbonyl (C=O) groups is 2. The van der Waals surface area contributed by atoms with Gasteiger partial charge in [0, 0.05) is 124 Å². The molecular formula is C86H82N4O6. The van der Waals surface area contributed by atoms with E-state index in [4.69, 9.17) is 18.9 Å². The van der Waals surface area contributed by atoms with Gasteiger partial charge in [0.15, 0.2) is 11.2 Å². The van der Waals surface area contributed by atoms with Crippen molar-refractivity contribution in [1.29, 1.82) is 0 Å². The van der Waals surface area contributed by atoms with E-state index in [9.17, 15) is 9.59 Å². The zero-order valence-electron chi connectivity index (χ0n) is 55.9.